The van der Waals surface area contributed by atoms with E-state index in [1.807, 2.05) is 6.92 Å². The van der Waals surface area contributed by atoms with Gasteiger partial charge >= 0.3 is 0 Å². The van der Waals surface area contributed by atoms with E-state index in [0.29, 0.717) is 13.1 Å². The first kappa shape index (κ1) is 15.0. The summed E-state index contributed by atoms with van der Waals surface area (Å²) < 4.78 is 1.76. The molecule has 0 spiro atoms. The molecule has 0 radical (unpaired) electrons. The quantitative estimate of drug-likeness (QED) is 0.719. The second-order valence-electron chi connectivity index (χ2n) is 5.79. The van der Waals surface area contributed by atoms with Gasteiger partial charge in [0.2, 0.25) is 0 Å². The molecule has 2 rings (SSSR count). The molecule has 0 aromatic carbocycles. The molecule has 0 saturated heterocycles. The van der Waals surface area contributed by atoms with E-state index in [-0.39, 0.29) is 11.9 Å². The number of aromatic nitrogens is 2. The lowest BCUT2D eigenvalue weighted by Gasteiger charge is -2.32. The third-order valence-electron chi connectivity index (χ3n) is 4.04. The van der Waals surface area contributed by atoms with Gasteiger partial charge in [0.05, 0.1) is 5.60 Å². The largest absolute Gasteiger partial charge is 0.389 e. The van der Waals surface area contributed by atoms with Crippen LogP contribution in [0.2, 0.25) is 0 Å². The number of nitrogens with one attached hydrogen (secondary N) is 1. The minimum atomic E-state index is -0.570. The number of aliphatic hydroxyl groups is 1. The van der Waals surface area contributed by atoms with E-state index in [2.05, 4.69) is 10.3 Å². The highest BCUT2D eigenvalue weighted by molar-refractivity contribution is 5.89. The zero-order valence-corrected chi connectivity index (χ0v) is 12.0. The van der Waals surface area contributed by atoms with Crippen molar-refractivity contribution in [1.82, 2.24) is 14.9 Å². The Morgan fingerprint density at radius 1 is 1.55 bits per heavy atom. The number of rotatable bonds is 6. The molecule has 6 heteroatoms. The lowest BCUT2D eigenvalue weighted by Crippen LogP contribution is -2.43. The van der Waals surface area contributed by atoms with Crippen molar-refractivity contribution < 1.29 is 9.90 Å². The molecular weight excluding hydrogens is 256 g/mol. The van der Waals surface area contributed by atoms with E-state index in [1.54, 1.807) is 17.0 Å². The molecule has 6 nitrogen and oxygen atoms in total. The summed E-state index contributed by atoms with van der Waals surface area (Å²) in [6.07, 6.45) is 8.48. The summed E-state index contributed by atoms with van der Waals surface area (Å²) in [5, 5.41) is 13.7. The lowest BCUT2D eigenvalue weighted by atomic mass is 9.85. The van der Waals surface area contributed by atoms with E-state index in [0.717, 1.165) is 25.7 Å². The standard InChI is InChI=1S/C14H24N4O2/c1-11(18-8-7-17-13(18)12(15)19)9-16-10-14(20)5-3-2-4-6-14/h7-8,11,16,20H,2-6,9-10H2,1H3,(H2,15,19). The molecule has 1 heterocycles. The maximum Gasteiger partial charge on any atom is 0.284 e. The Bertz CT molecular complexity index is 452. The van der Waals surface area contributed by atoms with Crippen LogP contribution in [-0.4, -0.2) is 39.3 Å². The van der Waals surface area contributed by atoms with Crippen molar-refractivity contribution in [2.45, 2.75) is 50.7 Å². The SMILES string of the molecule is CC(CNCC1(O)CCCCC1)n1ccnc1C(N)=O. The van der Waals surface area contributed by atoms with Crippen LogP contribution in [0.4, 0.5) is 0 Å². The van der Waals surface area contributed by atoms with Gasteiger partial charge in [-0.15, -0.1) is 0 Å². The van der Waals surface area contributed by atoms with Crippen LogP contribution in [0, 0.1) is 0 Å². The summed E-state index contributed by atoms with van der Waals surface area (Å²) in [7, 11) is 0. The number of hydrogen-bond acceptors (Lipinski definition) is 4. The van der Waals surface area contributed by atoms with Gasteiger partial charge < -0.3 is 20.7 Å². The van der Waals surface area contributed by atoms with Crippen LogP contribution in [0.3, 0.4) is 0 Å². The highest BCUT2D eigenvalue weighted by Gasteiger charge is 2.28. The predicted octanol–water partition coefficient (Wildman–Crippen LogP) is 0.828. The maximum atomic E-state index is 11.2. The topological polar surface area (TPSA) is 93.2 Å². The van der Waals surface area contributed by atoms with E-state index >= 15 is 0 Å². The number of carbonyl (C=O) groups is 1. The second kappa shape index (κ2) is 6.37. The van der Waals surface area contributed by atoms with Crippen LogP contribution in [0.1, 0.15) is 55.7 Å². The van der Waals surface area contributed by atoms with Crippen LogP contribution in [-0.2, 0) is 0 Å². The smallest absolute Gasteiger partial charge is 0.284 e. The van der Waals surface area contributed by atoms with Crippen LogP contribution < -0.4 is 11.1 Å². The zero-order chi connectivity index (χ0) is 14.6. The van der Waals surface area contributed by atoms with Crippen molar-refractivity contribution >= 4 is 5.91 Å². The van der Waals surface area contributed by atoms with Gasteiger partial charge in [-0.05, 0) is 19.8 Å². The van der Waals surface area contributed by atoms with E-state index in [9.17, 15) is 9.90 Å². The molecule has 1 aromatic heterocycles. The van der Waals surface area contributed by atoms with Crippen molar-refractivity contribution in [1.29, 1.82) is 0 Å². The van der Waals surface area contributed by atoms with Gasteiger partial charge in [0.1, 0.15) is 0 Å². The highest BCUT2D eigenvalue weighted by Crippen LogP contribution is 2.27. The molecule has 1 aliphatic carbocycles. The van der Waals surface area contributed by atoms with Gasteiger partial charge in [-0.25, -0.2) is 4.98 Å². The summed E-state index contributed by atoms with van der Waals surface area (Å²) in [5.41, 5.74) is 4.71. The molecule has 0 aliphatic heterocycles. The third kappa shape index (κ3) is 3.58. The van der Waals surface area contributed by atoms with Crippen LogP contribution in [0.15, 0.2) is 12.4 Å². The van der Waals surface area contributed by atoms with Gasteiger partial charge in [-0.2, -0.15) is 0 Å². The Kier molecular flexibility index (Phi) is 4.77. The first-order chi connectivity index (χ1) is 9.52. The van der Waals surface area contributed by atoms with Gasteiger partial charge in [0.25, 0.3) is 5.91 Å². The first-order valence-electron chi connectivity index (χ1n) is 7.27. The summed E-state index contributed by atoms with van der Waals surface area (Å²) in [5.74, 6) is -0.247. The number of nitrogens with zero attached hydrogens (tertiary/aromatic N) is 2. The van der Waals surface area contributed by atoms with E-state index in [4.69, 9.17) is 5.73 Å². The van der Waals surface area contributed by atoms with E-state index < -0.39 is 11.5 Å². The Hall–Kier alpha value is -1.40. The molecule has 1 atom stereocenters. The fourth-order valence-electron chi connectivity index (χ4n) is 2.86. The number of nitrogens with two attached hydrogens (primary N) is 1. The molecule has 0 bridgehead atoms. The van der Waals surface area contributed by atoms with Gasteiger partial charge in [0.15, 0.2) is 5.82 Å². The summed E-state index contributed by atoms with van der Waals surface area (Å²) in [6.45, 7) is 3.25. The highest BCUT2D eigenvalue weighted by atomic mass is 16.3. The van der Waals surface area contributed by atoms with Crippen LogP contribution in [0.5, 0.6) is 0 Å². The zero-order valence-electron chi connectivity index (χ0n) is 12.0. The van der Waals surface area contributed by atoms with E-state index in [1.165, 1.54) is 6.42 Å². The van der Waals surface area contributed by atoms with Crippen molar-refractivity contribution in [3.63, 3.8) is 0 Å². The predicted molar refractivity (Wildman–Crippen MR) is 76.4 cm³/mol. The molecule has 1 aliphatic rings. The molecular formula is C14H24N4O2. The second-order valence-corrected chi connectivity index (χ2v) is 5.79. The molecule has 20 heavy (non-hydrogen) atoms. The van der Waals surface area contributed by atoms with Crippen molar-refractivity contribution in [2.24, 2.45) is 5.73 Å². The Morgan fingerprint density at radius 3 is 2.90 bits per heavy atom. The van der Waals surface area contributed by atoms with Crippen molar-refractivity contribution in [2.75, 3.05) is 13.1 Å². The summed E-state index contributed by atoms with van der Waals surface area (Å²) in [6, 6.07) is 0.0622. The lowest BCUT2D eigenvalue weighted by molar-refractivity contribution is 0.00452. The number of amides is 1. The van der Waals surface area contributed by atoms with Gasteiger partial charge in [-0.3, -0.25) is 4.79 Å². The summed E-state index contributed by atoms with van der Waals surface area (Å²) >= 11 is 0. The number of primary amides is 1. The summed E-state index contributed by atoms with van der Waals surface area (Å²) in [4.78, 5) is 15.2. The minimum Gasteiger partial charge on any atom is -0.389 e. The fourth-order valence-corrected chi connectivity index (χ4v) is 2.86. The van der Waals surface area contributed by atoms with Crippen molar-refractivity contribution in [3.05, 3.63) is 18.2 Å². The number of hydrogen-bond donors (Lipinski definition) is 3. The Balaban J connectivity index is 1.84. The van der Waals surface area contributed by atoms with Crippen LogP contribution >= 0.6 is 0 Å². The normalized spacial score (nSPS) is 19.7. The first-order valence-corrected chi connectivity index (χ1v) is 7.27. The minimum absolute atomic E-state index is 0.0622. The Labute approximate surface area is 119 Å². The maximum absolute atomic E-state index is 11.2. The average Bonchev–Trinajstić information content (AvgIpc) is 2.88. The van der Waals surface area contributed by atoms with Crippen LogP contribution in [0.25, 0.3) is 0 Å². The molecule has 1 amide bonds. The molecule has 1 unspecified atom stereocenters. The molecule has 112 valence electrons. The van der Waals surface area contributed by atoms with Crippen molar-refractivity contribution in [3.8, 4) is 0 Å². The van der Waals surface area contributed by atoms with Gasteiger partial charge in [-0.1, -0.05) is 19.3 Å². The number of carbonyl (C=O) groups excluding carboxylic acids is 1. The molecule has 4 N–H and O–H groups in total. The fraction of sp³-hybridized carbons (Fsp3) is 0.714. The molecule has 1 saturated carbocycles. The van der Waals surface area contributed by atoms with Gasteiger partial charge in [0, 0.05) is 31.5 Å². The molecule has 1 fully saturated rings. The number of imidazole rings is 1. The monoisotopic (exact) mass is 280 g/mol. The third-order valence-corrected chi connectivity index (χ3v) is 4.04. The average molecular weight is 280 g/mol. The molecule has 1 aromatic rings. The Morgan fingerprint density at radius 2 is 2.25 bits per heavy atom.